The van der Waals surface area contributed by atoms with Crippen LogP contribution >= 0.6 is 11.6 Å². The number of likely N-dealkylation sites (tertiary alicyclic amines) is 1. The van der Waals surface area contributed by atoms with Gasteiger partial charge in [-0.2, -0.15) is 4.98 Å². The number of carbonyl (C=O) groups excluding carboxylic acids is 1. The summed E-state index contributed by atoms with van der Waals surface area (Å²) in [4.78, 5) is 29.1. The summed E-state index contributed by atoms with van der Waals surface area (Å²) in [5.74, 6) is 0.871. The van der Waals surface area contributed by atoms with E-state index in [1.165, 1.54) is 0 Å². The molecule has 1 fully saturated rings. The highest BCUT2D eigenvalue weighted by atomic mass is 35.5. The zero-order chi connectivity index (χ0) is 23.7. The van der Waals surface area contributed by atoms with Crippen LogP contribution in [0.3, 0.4) is 0 Å². The van der Waals surface area contributed by atoms with Gasteiger partial charge in [-0.15, -0.1) is 0 Å². The molecule has 7 nitrogen and oxygen atoms in total. The van der Waals surface area contributed by atoms with Crippen molar-refractivity contribution in [3.63, 3.8) is 0 Å². The minimum atomic E-state index is -0.00912. The van der Waals surface area contributed by atoms with Crippen molar-refractivity contribution < 1.29 is 9.21 Å². The number of carbonyl (C=O) groups is 1. The number of oxazole rings is 1. The Morgan fingerprint density at radius 3 is 2.85 bits per heavy atom. The standard InChI is InChI=1S/C26H26ClN5O2/c1-16-6-8-19(20(13-16)24-28-10-4-11-29-24)25(33)32-12-3-5-17(2)22(32)15-30-26-31-21-9-7-18(27)14-23(21)34-26/h4,6-11,13-14,17,22H,3,5,12,15H2,1-2H3,(H,30,31). The second kappa shape index (κ2) is 9.43. The molecule has 1 aliphatic heterocycles. The molecule has 0 bridgehead atoms. The maximum absolute atomic E-state index is 13.8. The van der Waals surface area contributed by atoms with Gasteiger partial charge in [0.05, 0.1) is 11.6 Å². The second-order valence-corrected chi connectivity index (χ2v) is 9.26. The lowest BCUT2D eigenvalue weighted by atomic mass is 9.89. The first-order chi connectivity index (χ1) is 16.5. The largest absolute Gasteiger partial charge is 0.424 e. The maximum atomic E-state index is 13.8. The van der Waals surface area contributed by atoms with Gasteiger partial charge in [0.25, 0.3) is 11.9 Å². The van der Waals surface area contributed by atoms with Gasteiger partial charge < -0.3 is 14.6 Å². The Morgan fingerprint density at radius 1 is 1.21 bits per heavy atom. The van der Waals surface area contributed by atoms with E-state index in [0.29, 0.717) is 47.0 Å². The van der Waals surface area contributed by atoms with Crippen molar-refractivity contribution in [2.75, 3.05) is 18.4 Å². The van der Waals surface area contributed by atoms with Gasteiger partial charge in [0.15, 0.2) is 11.4 Å². The van der Waals surface area contributed by atoms with E-state index in [0.717, 1.165) is 29.5 Å². The van der Waals surface area contributed by atoms with Gasteiger partial charge in [0, 0.05) is 42.1 Å². The van der Waals surface area contributed by atoms with Crippen LogP contribution in [0.2, 0.25) is 5.02 Å². The molecule has 3 heterocycles. The first kappa shape index (κ1) is 22.3. The number of fused-ring (bicyclic) bond motifs is 1. The van der Waals surface area contributed by atoms with Gasteiger partial charge in [-0.3, -0.25) is 4.79 Å². The zero-order valence-corrected chi connectivity index (χ0v) is 19.9. The van der Waals surface area contributed by atoms with E-state index in [4.69, 9.17) is 16.0 Å². The van der Waals surface area contributed by atoms with Crippen molar-refractivity contribution in [3.05, 3.63) is 71.0 Å². The quantitative estimate of drug-likeness (QED) is 0.404. The highest BCUT2D eigenvalue weighted by Crippen LogP contribution is 2.30. The third kappa shape index (κ3) is 4.48. The van der Waals surface area contributed by atoms with E-state index in [2.05, 4.69) is 27.2 Å². The number of nitrogens with one attached hydrogen (secondary N) is 1. The number of halogens is 1. The Morgan fingerprint density at radius 2 is 2.03 bits per heavy atom. The lowest BCUT2D eigenvalue weighted by Gasteiger charge is -2.40. The number of amides is 1. The van der Waals surface area contributed by atoms with Gasteiger partial charge >= 0.3 is 0 Å². The summed E-state index contributed by atoms with van der Waals surface area (Å²) in [5, 5.41) is 3.91. The molecule has 2 atom stereocenters. The van der Waals surface area contributed by atoms with Crippen LogP contribution in [0, 0.1) is 12.8 Å². The fraction of sp³-hybridized carbons (Fsp3) is 0.308. The van der Waals surface area contributed by atoms with Gasteiger partial charge in [0.1, 0.15) is 5.52 Å². The van der Waals surface area contributed by atoms with Gasteiger partial charge in [-0.25, -0.2) is 9.97 Å². The van der Waals surface area contributed by atoms with Crippen molar-refractivity contribution in [2.24, 2.45) is 5.92 Å². The van der Waals surface area contributed by atoms with Crippen LogP contribution in [-0.4, -0.2) is 44.9 Å². The molecule has 34 heavy (non-hydrogen) atoms. The van der Waals surface area contributed by atoms with Crippen molar-refractivity contribution >= 4 is 34.6 Å². The Bertz CT molecular complexity index is 1320. The van der Waals surface area contributed by atoms with Crippen LogP contribution in [0.25, 0.3) is 22.5 Å². The topological polar surface area (TPSA) is 84.2 Å². The van der Waals surface area contributed by atoms with Crippen LogP contribution in [-0.2, 0) is 0 Å². The summed E-state index contributed by atoms with van der Waals surface area (Å²) >= 11 is 6.06. The van der Waals surface area contributed by atoms with Crippen LogP contribution < -0.4 is 5.32 Å². The number of anilines is 1. The summed E-state index contributed by atoms with van der Waals surface area (Å²) in [7, 11) is 0. The Labute approximate surface area is 203 Å². The summed E-state index contributed by atoms with van der Waals surface area (Å²) in [5.41, 5.74) is 3.80. The Balaban J connectivity index is 1.41. The van der Waals surface area contributed by atoms with Gasteiger partial charge in [0.2, 0.25) is 0 Å². The van der Waals surface area contributed by atoms with Crippen molar-refractivity contribution in [1.29, 1.82) is 0 Å². The molecule has 2 aromatic heterocycles. The molecule has 0 spiro atoms. The van der Waals surface area contributed by atoms with Crippen molar-refractivity contribution in [3.8, 4) is 11.4 Å². The third-order valence-electron chi connectivity index (χ3n) is 6.40. The predicted octanol–water partition coefficient (Wildman–Crippen LogP) is 5.60. The maximum Gasteiger partial charge on any atom is 0.295 e. The van der Waals surface area contributed by atoms with Crippen molar-refractivity contribution in [1.82, 2.24) is 19.9 Å². The SMILES string of the molecule is Cc1ccc(C(=O)N2CCCC(C)C2CNc2nc3ccc(Cl)cc3o2)c(-c2ncccn2)c1. The lowest BCUT2D eigenvalue weighted by Crippen LogP contribution is -2.51. The number of aromatic nitrogens is 3. The molecule has 0 aliphatic carbocycles. The first-order valence-electron chi connectivity index (χ1n) is 11.5. The normalized spacial score (nSPS) is 18.3. The highest BCUT2D eigenvalue weighted by Gasteiger charge is 2.33. The zero-order valence-electron chi connectivity index (χ0n) is 19.2. The molecule has 1 amide bonds. The van der Waals surface area contributed by atoms with E-state index in [9.17, 15) is 4.79 Å². The molecule has 1 saturated heterocycles. The average molecular weight is 476 g/mol. The molecule has 0 radical (unpaired) electrons. The third-order valence-corrected chi connectivity index (χ3v) is 6.64. The molecule has 174 valence electrons. The molecule has 4 aromatic rings. The van der Waals surface area contributed by atoms with Crippen molar-refractivity contribution in [2.45, 2.75) is 32.7 Å². The average Bonchev–Trinajstić information content (AvgIpc) is 3.25. The molecular formula is C26H26ClN5O2. The van der Waals surface area contributed by atoms with Gasteiger partial charge in [-0.05, 0) is 56.0 Å². The molecule has 1 aliphatic rings. The van der Waals surface area contributed by atoms with E-state index < -0.39 is 0 Å². The number of nitrogens with zero attached hydrogens (tertiary/aromatic N) is 4. The highest BCUT2D eigenvalue weighted by molar-refractivity contribution is 6.31. The molecular weight excluding hydrogens is 450 g/mol. The molecule has 0 saturated carbocycles. The summed E-state index contributed by atoms with van der Waals surface area (Å²) < 4.78 is 5.82. The Hall–Kier alpha value is -3.45. The lowest BCUT2D eigenvalue weighted by molar-refractivity contribution is 0.0540. The smallest absolute Gasteiger partial charge is 0.295 e. The van der Waals surface area contributed by atoms with E-state index >= 15 is 0 Å². The van der Waals surface area contributed by atoms with E-state index in [-0.39, 0.29) is 11.9 Å². The fourth-order valence-corrected chi connectivity index (χ4v) is 4.76. The summed E-state index contributed by atoms with van der Waals surface area (Å²) in [6, 6.07) is 13.4. The molecule has 2 unspecified atom stereocenters. The minimum absolute atomic E-state index is 0.00862. The molecule has 2 aromatic carbocycles. The first-order valence-corrected chi connectivity index (χ1v) is 11.9. The monoisotopic (exact) mass is 475 g/mol. The fourth-order valence-electron chi connectivity index (χ4n) is 4.60. The number of piperidine rings is 1. The molecule has 1 N–H and O–H groups in total. The number of hydrogen-bond donors (Lipinski definition) is 1. The van der Waals surface area contributed by atoms with E-state index in [1.807, 2.05) is 36.1 Å². The predicted molar refractivity (Wildman–Crippen MR) is 133 cm³/mol. The van der Waals surface area contributed by atoms with Crippen LogP contribution in [0.5, 0.6) is 0 Å². The van der Waals surface area contributed by atoms with Crippen LogP contribution in [0.1, 0.15) is 35.7 Å². The number of aryl methyl sites for hydroxylation is 1. The number of benzene rings is 2. The summed E-state index contributed by atoms with van der Waals surface area (Å²) in [6.07, 6.45) is 5.42. The Kier molecular flexibility index (Phi) is 6.20. The van der Waals surface area contributed by atoms with E-state index in [1.54, 1.807) is 30.6 Å². The summed E-state index contributed by atoms with van der Waals surface area (Å²) in [6.45, 7) is 5.43. The molecule has 8 heteroatoms. The van der Waals surface area contributed by atoms with Crippen LogP contribution in [0.15, 0.2) is 59.3 Å². The molecule has 5 rings (SSSR count). The minimum Gasteiger partial charge on any atom is -0.424 e. The number of hydrogen-bond acceptors (Lipinski definition) is 6. The van der Waals surface area contributed by atoms with Gasteiger partial charge in [-0.1, -0.05) is 30.2 Å². The second-order valence-electron chi connectivity index (χ2n) is 8.82. The number of rotatable bonds is 5. The van der Waals surface area contributed by atoms with Crippen LogP contribution in [0.4, 0.5) is 6.01 Å².